The first-order valence-electron chi connectivity index (χ1n) is 12.2. The van der Waals surface area contributed by atoms with Gasteiger partial charge >= 0.3 is 6.03 Å². The summed E-state index contributed by atoms with van der Waals surface area (Å²) < 4.78 is 31.2. The summed E-state index contributed by atoms with van der Waals surface area (Å²) in [6, 6.07) is 13.6. The molecule has 1 N–H and O–H groups in total. The van der Waals surface area contributed by atoms with E-state index >= 15 is 0 Å². The minimum absolute atomic E-state index is 0.0801. The molecule has 0 aliphatic carbocycles. The molecule has 4 rings (SSSR count). The predicted molar refractivity (Wildman–Crippen MR) is 153 cm³/mol. The molecular formula is C29H25Br2FN2O6. The maximum atomic E-state index is 13.3. The molecule has 0 aromatic heterocycles. The number of ether oxygens (including phenoxy) is 3. The molecule has 1 saturated heterocycles. The second kappa shape index (κ2) is 13.1. The third kappa shape index (κ3) is 6.89. The van der Waals surface area contributed by atoms with Gasteiger partial charge in [0.2, 0.25) is 0 Å². The lowest BCUT2D eigenvalue weighted by Crippen LogP contribution is -2.53. The lowest BCUT2D eigenvalue weighted by Gasteiger charge is -2.26. The molecule has 0 spiro atoms. The van der Waals surface area contributed by atoms with Crippen molar-refractivity contribution in [2.75, 3.05) is 13.7 Å². The van der Waals surface area contributed by atoms with Crippen molar-refractivity contribution in [2.24, 2.45) is 0 Å². The zero-order valence-electron chi connectivity index (χ0n) is 21.6. The van der Waals surface area contributed by atoms with Crippen LogP contribution in [-0.2, 0) is 22.7 Å². The molecule has 3 aromatic rings. The first-order valence-corrected chi connectivity index (χ1v) is 13.8. The zero-order chi connectivity index (χ0) is 28.8. The quantitative estimate of drug-likeness (QED) is 0.198. The van der Waals surface area contributed by atoms with Crippen molar-refractivity contribution < 1.29 is 33.0 Å². The molecule has 0 radical (unpaired) electrons. The lowest BCUT2D eigenvalue weighted by atomic mass is 10.1. The number of hydrogen-bond acceptors (Lipinski definition) is 6. The molecule has 8 nitrogen and oxygen atoms in total. The highest BCUT2D eigenvalue weighted by Gasteiger charge is 2.36. The Hall–Kier alpha value is -3.70. The molecule has 40 heavy (non-hydrogen) atoms. The van der Waals surface area contributed by atoms with Crippen molar-refractivity contribution in [3.8, 4) is 17.2 Å². The van der Waals surface area contributed by atoms with E-state index in [9.17, 15) is 18.8 Å². The number of barbiturate groups is 1. The van der Waals surface area contributed by atoms with Gasteiger partial charge in [-0.25, -0.2) is 9.18 Å². The molecule has 208 valence electrons. The number of amides is 4. The van der Waals surface area contributed by atoms with Gasteiger partial charge in [0.1, 0.15) is 23.7 Å². The number of carbonyl (C=O) groups is 3. The first-order chi connectivity index (χ1) is 19.2. The summed E-state index contributed by atoms with van der Waals surface area (Å²) in [7, 11) is 1.51. The van der Waals surface area contributed by atoms with E-state index in [-0.39, 0.29) is 24.5 Å². The van der Waals surface area contributed by atoms with Gasteiger partial charge in [0.05, 0.1) is 29.2 Å². The van der Waals surface area contributed by atoms with E-state index in [1.54, 1.807) is 42.5 Å². The molecule has 1 aliphatic heterocycles. The Morgan fingerprint density at radius 2 is 1.60 bits per heavy atom. The minimum Gasteiger partial charge on any atom is -0.493 e. The van der Waals surface area contributed by atoms with Crippen LogP contribution in [0.4, 0.5) is 9.18 Å². The van der Waals surface area contributed by atoms with Crippen molar-refractivity contribution >= 4 is 55.8 Å². The van der Waals surface area contributed by atoms with Crippen molar-refractivity contribution in [3.05, 3.63) is 91.6 Å². The van der Waals surface area contributed by atoms with E-state index in [1.165, 1.54) is 25.3 Å². The zero-order valence-corrected chi connectivity index (χ0v) is 24.8. The fourth-order valence-electron chi connectivity index (χ4n) is 3.87. The van der Waals surface area contributed by atoms with Crippen molar-refractivity contribution in [3.63, 3.8) is 0 Å². The number of urea groups is 1. The standard InChI is InChI=1S/C29H25Br2FN2O6/c1-3-10-39-24-9-6-18(14-25(24)38-2)15-34-28(36)21(27(35)33-29(34)37)11-19-12-22(30)26(23(31)13-19)40-16-17-4-7-20(32)8-5-17/h4-9,11-14H,3,10,15-16H2,1-2H3,(H,33,35,37)/b21-11+. The summed E-state index contributed by atoms with van der Waals surface area (Å²) >= 11 is 6.92. The van der Waals surface area contributed by atoms with Crippen LogP contribution in [0.3, 0.4) is 0 Å². The predicted octanol–water partition coefficient (Wildman–Crippen LogP) is 6.39. The average Bonchev–Trinajstić information content (AvgIpc) is 2.93. The number of rotatable bonds is 10. The van der Waals surface area contributed by atoms with Crippen LogP contribution in [0.5, 0.6) is 17.2 Å². The number of nitrogens with one attached hydrogen (secondary N) is 1. The summed E-state index contributed by atoms with van der Waals surface area (Å²) in [6.07, 6.45) is 2.23. The number of halogens is 3. The van der Waals surface area contributed by atoms with E-state index in [0.29, 0.717) is 43.9 Å². The van der Waals surface area contributed by atoms with Gasteiger partial charge in [-0.05, 0) is 97.4 Å². The number of imide groups is 2. The molecular weight excluding hydrogens is 651 g/mol. The average molecular weight is 676 g/mol. The third-order valence-electron chi connectivity index (χ3n) is 5.84. The van der Waals surface area contributed by atoms with Gasteiger partial charge in [0, 0.05) is 0 Å². The lowest BCUT2D eigenvalue weighted by molar-refractivity contribution is -0.130. The van der Waals surface area contributed by atoms with Crippen LogP contribution in [0.2, 0.25) is 0 Å². The Morgan fingerprint density at radius 3 is 2.25 bits per heavy atom. The summed E-state index contributed by atoms with van der Waals surface area (Å²) in [5.41, 5.74) is 1.71. The first kappa shape index (κ1) is 29.3. The van der Waals surface area contributed by atoms with E-state index in [0.717, 1.165) is 16.9 Å². The van der Waals surface area contributed by atoms with Crippen LogP contribution < -0.4 is 19.5 Å². The second-order valence-corrected chi connectivity index (χ2v) is 10.5. The molecule has 1 aliphatic rings. The van der Waals surface area contributed by atoms with Crippen LogP contribution in [0.1, 0.15) is 30.0 Å². The Labute approximate surface area is 247 Å². The smallest absolute Gasteiger partial charge is 0.331 e. The number of nitrogens with zero attached hydrogens (tertiary/aromatic N) is 1. The third-order valence-corrected chi connectivity index (χ3v) is 7.02. The topological polar surface area (TPSA) is 94.2 Å². The molecule has 0 unspecified atom stereocenters. The second-order valence-electron chi connectivity index (χ2n) is 8.77. The van der Waals surface area contributed by atoms with Crippen molar-refractivity contribution in [2.45, 2.75) is 26.5 Å². The SMILES string of the molecule is CCCOc1ccc(CN2C(=O)NC(=O)/C(=C\c3cc(Br)c(OCc4ccc(F)cc4)c(Br)c3)C2=O)cc1OC. The van der Waals surface area contributed by atoms with Gasteiger partial charge < -0.3 is 14.2 Å². The molecule has 1 heterocycles. The van der Waals surface area contributed by atoms with Crippen LogP contribution >= 0.6 is 31.9 Å². The molecule has 1 fully saturated rings. The van der Waals surface area contributed by atoms with Gasteiger partial charge in [0.25, 0.3) is 11.8 Å². The molecule has 4 amide bonds. The van der Waals surface area contributed by atoms with E-state index in [2.05, 4.69) is 37.2 Å². The number of hydrogen-bond donors (Lipinski definition) is 1. The maximum Gasteiger partial charge on any atom is 0.331 e. The Bertz CT molecular complexity index is 1450. The van der Waals surface area contributed by atoms with Gasteiger partial charge in [-0.1, -0.05) is 25.1 Å². The van der Waals surface area contributed by atoms with E-state index in [4.69, 9.17) is 14.2 Å². The summed E-state index contributed by atoms with van der Waals surface area (Å²) in [6.45, 7) is 2.63. The van der Waals surface area contributed by atoms with Crippen LogP contribution in [-0.4, -0.2) is 36.5 Å². The van der Waals surface area contributed by atoms with Gasteiger partial charge in [-0.2, -0.15) is 0 Å². The molecule has 0 saturated carbocycles. The molecule has 0 bridgehead atoms. The van der Waals surface area contributed by atoms with Crippen LogP contribution in [0.25, 0.3) is 6.08 Å². The van der Waals surface area contributed by atoms with Crippen molar-refractivity contribution in [1.82, 2.24) is 10.2 Å². The maximum absolute atomic E-state index is 13.3. The largest absolute Gasteiger partial charge is 0.493 e. The normalized spacial score (nSPS) is 14.4. The number of carbonyl (C=O) groups excluding carboxylic acids is 3. The fraction of sp³-hybridized carbons (Fsp3) is 0.207. The van der Waals surface area contributed by atoms with Crippen LogP contribution in [0.15, 0.2) is 69.1 Å². The molecule has 11 heteroatoms. The highest BCUT2D eigenvalue weighted by Crippen LogP contribution is 2.36. The van der Waals surface area contributed by atoms with Gasteiger partial charge in [-0.15, -0.1) is 0 Å². The summed E-state index contributed by atoms with van der Waals surface area (Å²) in [5, 5.41) is 2.23. The minimum atomic E-state index is -0.815. The van der Waals surface area contributed by atoms with Crippen molar-refractivity contribution in [1.29, 1.82) is 0 Å². The summed E-state index contributed by atoms with van der Waals surface area (Å²) in [4.78, 5) is 39.4. The monoisotopic (exact) mass is 674 g/mol. The number of benzene rings is 3. The molecule has 0 atom stereocenters. The number of methoxy groups -OCH3 is 1. The van der Waals surface area contributed by atoms with Gasteiger partial charge in [0.15, 0.2) is 11.5 Å². The Morgan fingerprint density at radius 1 is 0.925 bits per heavy atom. The summed E-state index contributed by atoms with van der Waals surface area (Å²) in [5.74, 6) is -0.347. The van der Waals surface area contributed by atoms with Crippen LogP contribution in [0, 0.1) is 5.82 Å². The fourth-order valence-corrected chi connectivity index (χ4v) is 5.32. The molecule has 3 aromatic carbocycles. The Balaban J connectivity index is 1.53. The van der Waals surface area contributed by atoms with Gasteiger partial charge in [-0.3, -0.25) is 19.8 Å². The van der Waals surface area contributed by atoms with E-state index in [1.807, 2.05) is 6.92 Å². The highest BCUT2D eigenvalue weighted by atomic mass is 79.9. The van der Waals surface area contributed by atoms with E-state index < -0.39 is 17.8 Å². The highest BCUT2D eigenvalue weighted by molar-refractivity contribution is 9.11. The Kier molecular flexibility index (Phi) is 9.59.